The summed E-state index contributed by atoms with van der Waals surface area (Å²) < 4.78 is 0. The van der Waals surface area contributed by atoms with Crippen LogP contribution < -0.4 is 5.73 Å². The van der Waals surface area contributed by atoms with Gasteiger partial charge in [-0.25, -0.2) is 0 Å². The van der Waals surface area contributed by atoms with Crippen LogP contribution in [0.1, 0.15) is 48.1 Å². The van der Waals surface area contributed by atoms with Gasteiger partial charge in [0.1, 0.15) is 0 Å². The van der Waals surface area contributed by atoms with E-state index >= 15 is 0 Å². The Kier molecular flexibility index (Phi) is 6.37. The van der Waals surface area contributed by atoms with Gasteiger partial charge in [0.2, 0.25) is 0 Å². The number of hydrogen-bond acceptors (Lipinski definition) is 4. The maximum atomic E-state index is 13.1. The molecule has 1 atom stereocenters. The van der Waals surface area contributed by atoms with E-state index in [-0.39, 0.29) is 11.9 Å². The molecule has 5 nitrogen and oxygen atoms in total. The number of rotatable bonds is 7. The smallest absolute Gasteiger partial charge is 0.254 e. The van der Waals surface area contributed by atoms with E-state index in [0.717, 1.165) is 36.0 Å². The summed E-state index contributed by atoms with van der Waals surface area (Å²) in [6.45, 7) is 2.16. The number of hydrogen-bond donors (Lipinski definition) is 1. The average Bonchev–Trinajstić information content (AvgIpc) is 2.74. The zero-order valence-corrected chi connectivity index (χ0v) is 16.4. The molecule has 0 aliphatic heterocycles. The molecule has 3 aromatic rings. The molecule has 0 bridgehead atoms. The van der Waals surface area contributed by atoms with Crippen molar-refractivity contribution < 1.29 is 4.79 Å². The molecule has 0 saturated carbocycles. The third-order valence-corrected chi connectivity index (χ3v) is 4.99. The molecule has 0 aliphatic carbocycles. The van der Waals surface area contributed by atoms with Crippen LogP contribution in [0.5, 0.6) is 0 Å². The van der Waals surface area contributed by atoms with E-state index in [1.165, 1.54) is 0 Å². The van der Waals surface area contributed by atoms with Gasteiger partial charge < -0.3 is 10.6 Å². The van der Waals surface area contributed by atoms with Crippen LogP contribution in [0.4, 0.5) is 5.69 Å². The fourth-order valence-electron chi connectivity index (χ4n) is 3.34. The van der Waals surface area contributed by atoms with Crippen molar-refractivity contribution in [1.82, 2.24) is 14.9 Å². The number of carbonyl (C=O) groups excluding carboxylic acids is 1. The van der Waals surface area contributed by atoms with Crippen LogP contribution in [0, 0.1) is 0 Å². The van der Waals surface area contributed by atoms with E-state index in [2.05, 4.69) is 16.9 Å². The molecule has 5 heteroatoms. The number of benzene rings is 1. The van der Waals surface area contributed by atoms with Crippen molar-refractivity contribution in [2.45, 2.75) is 32.2 Å². The highest BCUT2D eigenvalue weighted by atomic mass is 16.2. The first kappa shape index (κ1) is 19.5. The minimum atomic E-state index is -0.00401. The molecule has 144 valence electrons. The van der Waals surface area contributed by atoms with Crippen molar-refractivity contribution in [2.24, 2.45) is 0 Å². The topological polar surface area (TPSA) is 72.1 Å². The fraction of sp³-hybridized carbons (Fsp3) is 0.261. The summed E-state index contributed by atoms with van der Waals surface area (Å²) in [7, 11) is 1.86. The Morgan fingerprint density at radius 2 is 1.82 bits per heavy atom. The highest BCUT2D eigenvalue weighted by Gasteiger charge is 2.22. The molecule has 0 spiro atoms. The number of pyridine rings is 2. The van der Waals surface area contributed by atoms with Crippen LogP contribution in [0.2, 0.25) is 0 Å². The predicted octanol–water partition coefficient (Wildman–Crippen LogP) is 4.73. The number of amides is 1. The highest BCUT2D eigenvalue weighted by molar-refractivity contribution is 5.95. The number of nitrogens with two attached hydrogens (primary N) is 1. The number of carbonyl (C=O) groups is 1. The Morgan fingerprint density at radius 3 is 2.46 bits per heavy atom. The van der Waals surface area contributed by atoms with Gasteiger partial charge in [0.05, 0.1) is 6.04 Å². The van der Waals surface area contributed by atoms with Gasteiger partial charge >= 0.3 is 0 Å². The molecule has 2 heterocycles. The molecule has 2 aromatic heterocycles. The van der Waals surface area contributed by atoms with Gasteiger partial charge in [0, 0.05) is 48.6 Å². The quantitative estimate of drug-likeness (QED) is 0.649. The van der Waals surface area contributed by atoms with Crippen molar-refractivity contribution in [3.05, 3.63) is 78.4 Å². The lowest BCUT2D eigenvalue weighted by Crippen LogP contribution is -2.31. The molecule has 0 aliphatic rings. The van der Waals surface area contributed by atoms with Crippen LogP contribution in [-0.4, -0.2) is 27.8 Å². The van der Waals surface area contributed by atoms with E-state index in [4.69, 9.17) is 5.73 Å². The van der Waals surface area contributed by atoms with Crippen LogP contribution in [0.25, 0.3) is 11.1 Å². The van der Waals surface area contributed by atoms with Crippen molar-refractivity contribution in [3.63, 3.8) is 0 Å². The molecule has 1 amide bonds. The summed E-state index contributed by atoms with van der Waals surface area (Å²) in [6.07, 6.45) is 10.1. The summed E-state index contributed by atoms with van der Waals surface area (Å²) in [5.41, 5.74) is 10.2. The Labute approximate surface area is 166 Å². The monoisotopic (exact) mass is 374 g/mol. The van der Waals surface area contributed by atoms with Gasteiger partial charge in [-0.2, -0.15) is 0 Å². The number of unbranched alkanes of at least 4 members (excludes halogenated alkanes) is 1. The average molecular weight is 374 g/mol. The zero-order chi connectivity index (χ0) is 19.9. The van der Waals surface area contributed by atoms with E-state index in [9.17, 15) is 4.79 Å². The molecule has 2 N–H and O–H groups in total. The lowest BCUT2D eigenvalue weighted by Gasteiger charge is -2.28. The second kappa shape index (κ2) is 9.13. The van der Waals surface area contributed by atoms with E-state index in [0.29, 0.717) is 11.3 Å². The fourth-order valence-corrected chi connectivity index (χ4v) is 3.34. The van der Waals surface area contributed by atoms with Crippen LogP contribution in [0.15, 0.2) is 67.3 Å². The van der Waals surface area contributed by atoms with Crippen molar-refractivity contribution in [3.8, 4) is 11.1 Å². The summed E-state index contributed by atoms with van der Waals surface area (Å²) in [5.74, 6) is -0.00401. The number of nitrogen functional groups attached to an aromatic ring is 1. The maximum absolute atomic E-state index is 13.1. The maximum Gasteiger partial charge on any atom is 0.254 e. The Hall–Kier alpha value is -3.21. The van der Waals surface area contributed by atoms with Crippen molar-refractivity contribution in [1.29, 1.82) is 0 Å². The lowest BCUT2D eigenvalue weighted by atomic mass is 9.99. The molecule has 0 unspecified atom stereocenters. The first-order valence-electron chi connectivity index (χ1n) is 9.58. The van der Waals surface area contributed by atoms with Crippen molar-refractivity contribution in [2.75, 3.05) is 12.8 Å². The Balaban J connectivity index is 1.82. The minimum Gasteiger partial charge on any atom is -0.398 e. The summed E-state index contributed by atoms with van der Waals surface area (Å²) in [6, 6.07) is 13.3. The van der Waals surface area contributed by atoms with Crippen LogP contribution in [-0.2, 0) is 0 Å². The van der Waals surface area contributed by atoms with Gasteiger partial charge in [0.15, 0.2) is 0 Å². The van der Waals surface area contributed by atoms with Gasteiger partial charge in [-0.05, 0) is 41.8 Å². The van der Waals surface area contributed by atoms with Gasteiger partial charge in [-0.3, -0.25) is 14.8 Å². The zero-order valence-electron chi connectivity index (χ0n) is 16.4. The Bertz CT molecular complexity index is 909. The first-order valence-corrected chi connectivity index (χ1v) is 9.58. The highest BCUT2D eigenvalue weighted by Crippen LogP contribution is 2.28. The second-order valence-electron chi connectivity index (χ2n) is 6.90. The van der Waals surface area contributed by atoms with Gasteiger partial charge in [0.25, 0.3) is 5.91 Å². The van der Waals surface area contributed by atoms with Crippen LogP contribution in [0.3, 0.4) is 0 Å². The molecule has 3 rings (SSSR count). The first-order chi connectivity index (χ1) is 13.6. The summed E-state index contributed by atoms with van der Waals surface area (Å²) in [4.78, 5) is 23.3. The second-order valence-corrected chi connectivity index (χ2v) is 6.90. The molecule has 28 heavy (non-hydrogen) atoms. The number of aromatic nitrogens is 2. The van der Waals surface area contributed by atoms with E-state index in [1.807, 2.05) is 54.5 Å². The summed E-state index contributed by atoms with van der Waals surface area (Å²) >= 11 is 0. The third kappa shape index (κ3) is 4.36. The van der Waals surface area contributed by atoms with E-state index < -0.39 is 0 Å². The number of nitrogens with zero attached hydrogens (tertiary/aromatic N) is 3. The molecular weight excluding hydrogens is 348 g/mol. The van der Waals surface area contributed by atoms with Gasteiger partial charge in [-0.1, -0.05) is 38.0 Å². The molecule has 0 saturated heterocycles. The van der Waals surface area contributed by atoms with Crippen molar-refractivity contribution >= 4 is 11.6 Å². The summed E-state index contributed by atoms with van der Waals surface area (Å²) in [5, 5.41) is 0. The molecule has 0 fully saturated rings. The molecule has 0 radical (unpaired) electrons. The SMILES string of the molecule is CCCC[C@H](c1cccnc1)N(C)C(=O)c1ccc(-c2cnccc2N)cc1. The third-order valence-electron chi connectivity index (χ3n) is 4.99. The number of anilines is 1. The molecular formula is C23H26N4O. The predicted molar refractivity (Wildman–Crippen MR) is 113 cm³/mol. The normalized spacial score (nSPS) is 11.8. The van der Waals surface area contributed by atoms with E-state index in [1.54, 1.807) is 24.7 Å². The Morgan fingerprint density at radius 1 is 1.07 bits per heavy atom. The standard InChI is InChI=1S/C23H26N4O/c1-3-4-7-22(19-6-5-13-25-15-19)27(2)23(28)18-10-8-17(9-11-18)20-16-26-14-12-21(20)24/h5-6,8-16,22H,3-4,7H2,1-2H3,(H2,24,26)/t22-/m1/s1. The lowest BCUT2D eigenvalue weighted by molar-refractivity contribution is 0.0720. The van der Waals surface area contributed by atoms with Crippen LogP contribution >= 0.6 is 0 Å². The minimum absolute atomic E-state index is 0.00401. The molecule has 1 aromatic carbocycles. The largest absolute Gasteiger partial charge is 0.398 e. The van der Waals surface area contributed by atoms with Gasteiger partial charge in [-0.15, -0.1) is 0 Å².